The number of amides is 1. The number of rotatable bonds is 6. The van der Waals surface area contributed by atoms with Gasteiger partial charge in [0.05, 0.1) is 10.3 Å². The van der Waals surface area contributed by atoms with Crippen molar-refractivity contribution in [2.45, 2.75) is 29.9 Å². The number of carbonyl (C=O) groups excluding carboxylic acids is 1. The molecular weight excluding hydrogens is 327 g/mol. The highest BCUT2D eigenvalue weighted by atomic mass is 35.5. The second-order valence-corrected chi connectivity index (χ2v) is 7.50. The van der Waals surface area contributed by atoms with Crippen molar-refractivity contribution in [3.8, 4) is 0 Å². The van der Waals surface area contributed by atoms with Crippen LogP contribution < -0.4 is 10.6 Å². The zero-order valence-corrected chi connectivity index (χ0v) is 14.3. The van der Waals surface area contributed by atoms with E-state index in [0.717, 1.165) is 31.0 Å². The van der Waals surface area contributed by atoms with E-state index in [9.17, 15) is 4.79 Å². The summed E-state index contributed by atoms with van der Waals surface area (Å²) in [6, 6.07) is 5.29. The summed E-state index contributed by atoms with van der Waals surface area (Å²) in [5.41, 5.74) is 0. The molecule has 2 atom stereocenters. The molecule has 3 nitrogen and oxygen atoms in total. The van der Waals surface area contributed by atoms with Gasteiger partial charge in [0.2, 0.25) is 5.91 Å². The van der Waals surface area contributed by atoms with E-state index in [1.165, 1.54) is 18.2 Å². The predicted octanol–water partition coefficient (Wildman–Crippen LogP) is 3.59. The third-order valence-electron chi connectivity index (χ3n) is 3.58. The van der Waals surface area contributed by atoms with E-state index in [1.807, 2.05) is 6.92 Å². The maximum Gasteiger partial charge on any atom is 0.233 e. The lowest BCUT2D eigenvalue weighted by Gasteiger charge is -2.14. The van der Waals surface area contributed by atoms with E-state index in [2.05, 4.69) is 10.6 Å². The summed E-state index contributed by atoms with van der Waals surface area (Å²) in [4.78, 5) is 12.9. The normalized spacial score (nSPS) is 19.5. The molecule has 0 aliphatic carbocycles. The number of hydrogen-bond acceptors (Lipinski definition) is 3. The van der Waals surface area contributed by atoms with Gasteiger partial charge in [-0.05, 0) is 57.0 Å². The molecule has 1 amide bonds. The smallest absolute Gasteiger partial charge is 0.233 e. The van der Waals surface area contributed by atoms with E-state index in [4.69, 9.17) is 23.2 Å². The minimum atomic E-state index is -0.192. The van der Waals surface area contributed by atoms with Crippen LogP contribution in [-0.4, -0.2) is 30.8 Å². The molecule has 0 spiro atoms. The lowest BCUT2D eigenvalue weighted by Crippen LogP contribution is -2.32. The Kier molecular flexibility index (Phi) is 6.68. The zero-order valence-electron chi connectivity index (χ0n) is 12.0. The van der Waals surface area contributed by atoms with Crippen molar-refractivity contribution in [1.29, 1.82) is 0 Å². The lowest BCUT2D eigenvalue weighted by atomic mass is 10.1. The SMILES string of the molecule is CC(Sc1cc(Cl)ccc1Cl)C(=O)NCCC1CCNC1. The van der Waals surface area contributed by atoms with Crippen LogP contribution in [0.25, 0.3) is 0 Å². The maximum absolute atomic E-state index is 12.1. The molecule has 1 aromatic rings. The van der Waals surface area contributed by atoms with Gasteiger partial charge in [-0.3, -0.25) is 4.79 Å². The van der Waals surface area contributed by atoms with Crippen LogP contribution in [0.15, 0.2) is 23.1 Å². The number of thioether (sulfide) groups is 1. The molecule has 1 saturated heterocycles. The first-order valence-corrected chi connectivity index (χ1v) is 8.80. The summed E-state index contributed by atoms with van der Waals surface area (Å²) in [5, 5.41) is 7.40. The Bertz CT molecular complexity index is 493. The summed E-state index contributed by atoms with van der Waals surface area (Å²) in [7, 11) is 0. The van der Waals surface area contributed by atoms with Crippen LogP contribution in [0.5, 0.6) is 0 Å². The van der Waals surface area contributed by atoms with Crippen LogP contribution >= 0.6 is 35.0 Å². The van der Waals surface area contributed by atoms with Gasteiger partial charge < -0.3 is 10.6 Å². The second kappa shape index (κ2) is 8.28. The molecule has 116 valence electrons. The largest absolute Gasteiger partial charge is 0.355 e. The molecule has 21 heavy (non-hydrogen) atoms. The second-order valence-electron chi connectivity index (χ2n) is 5.27. The van der Waals surface area contributed by atoms with Gasteiger partial charge in [-0.15, -0.1) is 11.8 Å². The molecule has 1 aromatic carbocycles. The van der Waals surface area contributed by atoms with E-state index in [-0.39, 0.29) is 11.2 Å². The van der Waals surface area contributed by atoms with E-state index < -0.39 is 0 Å². The van der Waals surface area contributed by atoms with E-state index in [1.54, 1.807) is 18.2 Å². The van der Waals surface area contributed by atoms with Crippen molar-refractivity contribution in [3.05, 3.63) is 28.2 Å². The molecule has 2 unspecified atom stereocenters. The molecule has 1 aliphatic heterocycles. The first-order valence-electron chi connectivity index (χ1n) is 7.16. The highest BCUT2D eigenvalue weighted by Crippen LogP contribution is 2.32. The maximum atomic E-state index is 12.1. The number of nitrogens with one attached hydrogen (secondary N) is 2. The van der Waals surface area contributed by atoms with Crippen LogP contribution in [-0.2, 0) is 4.79 Å². The average Bonchev–Trinajstić information content (AvgIpc) is 2.96. The Morgan fingerprint density at radius 2 is 2.33 bits per heavy atom. The first-order chi connectivity index (χ1) is 10.1. The lowest BCUT2D eigenvalue weighted by molar-refractivity contribution is -0.120. The number of halogens is 2. The summed E-state index contributed by atoms with van der Waals surface area (Å²) in [6.07, 6.45) is 2.24. The molecule has 0 bridgehead atoms. The minimum absolute atomic E-state index is 0.0435. The van der Waals surface area contributed by atoms with Crippen molar-refractivity contribution in [1.82, 2.24) is 10.6 Å². The van der Waals surface area contributed by atoms with Gasteiger partial charge in [0.1, 0.15) is 0 Å². The van der Waals surface area contributed by atoms with Gasteiger partial charge in [-0.25, -0.2) is 0 Å². The molecule has 1 heterocycles. The van der Waals surface area contributed by atoms with Crippen molar-refractivity contribution < 1.29 is 4.79 Å². The van der Waals surface area contributed by atoms with Crippen LogP contribution in [0.1, 0.15) is 19.8 Å². The zero-order chi connectivity index (χ0) is 15.2. The van der Waals surface area contributed by atoms with Crippen LogP contribution in [0.3, 0.4) is 0 Å². The van der Waals surface area contributed by atoms with E-state index in [0.29, 0.717) is 16.0 Å². The number of hydrogen-bond donors (Lipinski definition) is 2. The summed E-state index contributed by atoms with van der Waals surface area (Å²) >= 11 is 13.5. The van der Waals surface area contributed by atoms with Crippen LogP contribution in [0.4, 0.5) is 0 Å². The summed E-state index contributed by atoms with van der Waals surface area (Å²) in [5.74, 6) is 0.734. The Balaban J connectivity index is 1.77. The number of carbonyl (C=O) groups is 1. The van der Waals surface area contributed by atoms with Gasteiger partial charge >= 0.3 is 0 Å². The Labute approximate surface area is 140 Å². The molecule has 0 radical (unpaired) electrons. The molecule has 0 aromatic heterocycles. The molecular formula is C15H20Cl2N2OS. The fourth-order valence-electron chi connectivity index (χ4n) is 2.32. The van der Waals surface area contributed by atoms with Gasteiger partial charge in [-0.1, -0.05) is 23.2 Å². The Morgan fingerprint density at radius 3 is 3.05 bits per heavy atom. The third-order valence-corrected chi connectivity index (χ3v) is 5.42. The molecule has 2 N–H and O–H groups in total. The van der Waals surface area contributed by atoms with Crippen molar-refractivity contribution in [2.24, 2.45) is 5.92 Å². The van der Waals surface area contributed by atoms with E-state index >= 15 is 0 Å². The van der Waals surface area contributed by atoms with Crippen molar-refractivity contribution in [3.63, 3.8) is 0 Å². The molecule has 0 saturated carbocycles. The average molecular weight is 347 g/mol. The highest BCUT2D eigenvalue weighted by molar-refractivity contribution is 8.00. The molecule has 1 fully saturated rings. The fraction of sp³-hybridized carbons (Fsp3) is 0.533. The third kappa shape index (κ3) is 5.37. The molecule has 6 heteroatoms. The van der Waals surface area contributed by atoms with Crippen molar-refractivity contribution in [2.75, 3.05) is 19.6 Å². The van der Waals surface area contributed by atoms with Gasteiger partial charge in [0, 0.05) is 16.5 Å². The summed E-state index contributed by atoms with van der Waals surface area (Å²) < 4.78 is 0. The minimum Gasteiger partial charge on any atom is -0.355 e. The fourth-order valence-corrected chi connectivity index (χ4v) is 3.75. The number of benzene rings is 1. The predicted molar refractivity (Wildman–Crippen MR) is 90.4 cm³/mol. The standard InChI is InChI=1S/C15H20Cl2N2OS/c1-10(21-14-8-12(16)2-3-13(14)17)15(20)19-7-5-11-4-6-18-9-11/h2-3,8,10-11,18H,4-7,9H2,1H3,(H,19,20). The monoisotopic (exact) mass is 346 g/mol. The molecule has 1 aliphatic rings. The Morgan fingerprint density at radius 1 is 1.52 bits per heavy atom. The Hall–Kier alpha value is -0.420. The topological polar surface area (TPSA) is 41.1 Å². The van der Waals surface area contributed by atoms with Gasteiger partial charge in [0.15, 0.2) is 0 Å². The van der Waals surface area contributed by atoms with Gasteiger partial charge in [0.25, 0.3) is 0 Å². The van der Waals surface area contributed by atoms with Crippen LogP contribution in [0, 0.1) is 5.92 Å². The highest BCUT2D eigenvalue weighted by Gasteiger charge is 2.18. The van der Waals surface area contributed by atoms with Crippen LogP contribution in [0.2, 0.25) is 10.0 Å². The quantitative estimate of drug-likeness (QED) is 0.773. The summed E-state index contributed by atoms with van der Waals surface area (Å²) in [6.45, 7) is 4.78. The molecule has 2 rings (SSSR count). The first kappa shape index (κ1) is 16.9. The van der Waals surface area contributed by atoms with Crippen molar-refractivity contribution >= 4 is 40.9 Å². The van der Waals surface area contributed by atoms with Gasteiger partial charge in [-0.2, -0.15) is 0 Å².